The van der Waals surface area contributed by atoms with Crippen LogP contribution >= 0.6 is 0 Å². The van der Waals surface area contributed by atoms with Gasteiger partial charge in [-0.1, -0.05) is 0 Å². The maximum atomic E-state index is 11.5. The molecule has 2 heterocycles. The molecule has 0 saturated heterocycles. The summed E-state index contributed by atoms with van der Waals surface area (Å²) >= 11 is 0. The standard InChI is InChI=1S/C11H13N3O/c1-7-6-8(2)14-5-4-9(10(14)13-7)11(15)12-3/h4-6H,1-3H3,(H,12,15). The fourth-order valence-corrected chi connectivity index (χ4v) is 1.71. The summed E-state index contributed by atoms with van der Waals surface area (Å²) in [5.41, 5.74) is 3.33. The molecule has 0 spiro atoms. The molecule has 0 unspecified atom stereocenters. The van der Waals surface area contributed by atoms with Crippen LogP contribution in [0.15, 0.2) is 18.3 Å². The molecule has 4 heteroatoms. The average Bonchev–Trinajstić information content (AvgIpc) is 2.60. The number of hydrogen-bond donors (Lipinski definition) is 1. The summed E-state index contributed by atoms with van der Waals surface area (Å²) in [7, 11) is 1.62. The zero-order chi connectivity index (χ0) is 11.0. The van der Waals surface area contributed by atoms with E-state index in [1.165, 1.54) is 0 Å². The molecule has 0 saturated carbocycles. The van der Waals surface area contributed by atoms with Gasteiger partial charge in [-0.15, -0.1) is 0 Å². The van der Waals surface area contributed by atoms with E-state index in [9.17, 15) is 4.79 Å². The van der Waals surface area contributed by atoms with E-state index in [0.29, 0.717) is 11.2 Å². The number of aryl methyl sites for hydroxylation is 2. The van der Waals surface area contributed by atoms with E-state index in [0.717, 1.165) is 11.4 Å². The number of carbonyl (C=O) groups is 1. The van der Waals surface area contributed by atoms with E-state index < -0.39 is 0 Å². The lowest BCUT2D eigenvalue weighted by Gasteiger charge is -2.03. The minimum atomic E-state index is -0.102. The SMILES string of the molecule is CNC(=O)c1ccn2c(C)cc(C)nc12. The molecule has 0 atom stereocenters. The maximum absolute atomic E-state index is 11.5. The average molecular weight is 203 g/mol. The first-order valence-electron chi connectivity index (χ1n) is 4.81. The number of nitrogens with zero attached hydrogens (tertiary/aromatic N) is 2. The molecule has 0 radical (unpaired) electrons. The zero-order valence-corrected chi connectivity index (χ0v) is 9.03. The van der Waals surface area contributed by atoms with Crippen molar-refractivity contribution in [3.63, 3.8) is 0 Å². The van der Waals surface area contributed by atoms with Gasteiger partial charge in [0.25, 0.3) is 5.91 Å². The predicted octanol–water partition coefficient (Wildman–Crippen LogP) is 1.31. The van der Waals surface area contributed by atoms with Crippen LogP contribution in [0.1, 0.15) is 21.7 Å². The Hall–Kier alpha value is -1.84. The smallest absolute Gasteiger partial charge is 0.254 e. The molecule has 0 fully saturated rings. The van der Waals surface area contributed by atoms with Crippen molar-refractivity contribution in [2.75, 3.05) is 7.05 Å². The molecule has 0 aromatic carbocycles. The van der Waals surface area contributed by atoms with Crippen molar-refractivity contribution in [2.24, 2.45) is 0 Å². The van der Waals surface area contributed by atoms with Gasteiger partial charge in [-0.25, -0.2) is 4.98 Å². The van der Waals surface area contributed by atoms with Crippen molar-refractivity contribution in [2.45, 2.75) is 13.8 Å². The van der Waals surface area contributed by atoms with Gasteiger partial charge in [0.15, 0.2) is 0 Å². The van der Waals surface area contributed by atoms with Gasteiger partial charge < -0.3 is 9.72 Å². The Morgan fingerprint density at radius 2 is 2.20 bits per heavy atom. The third-order valence-electron chi connectivity index (χ3n) is 2.41. The fourth-order valence-electron chi connectivity index (χ4n) is 1.71. The predicted molar refractivity (Wildman–Crippen MR) is 58.1 cm³/mol. The van der Waals surface area contributed by atoms with Crippen LogP contribution in [0.25, 0.3) is 5.65 Å². The Balaban J connectivity index is 2.74. The van der Waals surface area contributed by atoms with Crippen LogP contribution in [0.3, 0.4) is 0 Å². The Morgan fingerprint density at radius 1 is 1.47 bits per heavy atom. The largest absolute Gasteiger partial charge is 0.355 e. The van der Waals surface area contributed by atoms with Crippen LogP contribution in [-0.2, 0) is 0 Å². The number of hydrogen-bond acceptors (Lipinski definition) is 2. The van der Waals surface area contributed by atoms with E-state index in [4.69, 9.17) is 0 Å². The Labute approximate surface area is 87.9 Å². The maximum Gasteiger partial charge on any atom is 0.254 e. The van der Waals surface area contributed by atoms with Gasteiger partial charge in [-0.05, 0) is 26.0 Å². The lowest BCUT2D eigenvalue weighted by Crippen LogP contribution is -2.17. The summed E-state index contributed by atoms with van der Waals surface area (Å²) in [4.78, 5) is 15.9. The third kappa shape index (κ3) is 1.48. The van der Waals surface area contributed by atoms with Gasteiger partial charge in [0.2, 0.25) is 0 Å². The van der Waals surface area contributed by atoms with Gasteiger partial charge in [0.05, 0.1) is 5.56 Å². The van der Waals surface area contributed by atoms with Crippen molar-refractivity contribution in [3.05, 3.63) is 35.3 Å². The molecule has 2 aromatic rings. The summed E-state index contributed by atoms with van der Waals surface area (Å²) in [6, 6.07) is 3.77. The lowest BCUT2D eigenvalue weighted by atomic mass is 10.3. The molecule has 2 aromatic heterocycles. The third-order valence-corrected chi connectivity index (χ3v) is 2.41. The van der Waals surface area contributed by atoms with E-state index in [2.05, 4.69) is 10.3 Å². The Bertz CT molecular complexity index is 528. The number of aromatic nitrogens is 2. The van der Waals surface area contributed by atoms with Crippen LogP contribution in [0.2, 0.25) is 0 Å². The highest BCUT2D eigenvalue weighted by atomic mass is 16.1. The highest BCUT2D eigenvalue weighted by Gasteiger charge is 2.11. The monoisotopic (exact) mass is 203 g/mol. The molecule has 1 amide bonds. The summed E-state index contributed by atoms with van der Waals surface area (Å²) in [6.07, 6.45) is 1.86. The molecule has 1 N–H and O–H groups in total. The van der Waals surface area contributed by atoms with Crippen LogP contribution in [0, 0.1) is 13.8 Å². The molecule has 0 aliphatic rings. The van der Waals surface area contributed by atoms with Gasteiger partial charge in [0, 0.05) is 24.6 Å². The Morgan fingerprint density at radius 3 is 2.87 bits per heavy atom. The van der Waals surface area contributed by atoms with Crippen molar-refractivity contribution < 1.29 is 4.79 Å². The van der Waals surface area contributed by atoms with E-state index in [1.54, 1.807) is 13.1 Å². The van der Waals surface area contributed by atoms with Crippen LogP contribution in [0.5, 0.6) is 0 Å². The lowest BCUT2D eigenvalue weighted by molar-refractivity contribution is 0.0964. The van der Waals surface area contributed by atoms with E-state index in [1.807, 2.05) is 30.5 Å². The van der Waals surface area contributed by atoms with Crippen molar-refractivity contribution in [1.29, 1.82) is 0 Å². The number of rotatable bonds is 1. The number of nitrogens with one attached hydrogen (secondary N) is 1. The van der Waals surface area contributed by atoms with Crippen LogP contribution in [-0.4, -0.2) is 22.3 Å². The quantitative estimate of drug-likeness (QED) is 0.759. The van der Waals surface area contributed by atoms with Crippen LogP contribution < -0.4 is 5.32 Å². The second-order valence-electron chi connectivity index (χ2n) is 3.54. The number of carbonyl (C=O) groups excluding carboxylic acids is 1. The number of fused-ring (bicyclic) bond motifs is 1. The summed E-state index contributed by atoms with van der Waals surface area (Å²) < 4.78 is 1.91. The summed E-state index contributed by atoms with van der Waals surface area (Å²) in [5.74, 6) is -0.102. The molecule has 15 heavy (non-hydrogen) atoms. The normalized spacial score (nSPS) is 10.6. The topological polar surface area (TPSA) is 46.4 Å². The number of amides is 1. The van der Waals surface area contributed by atoms with Crippen LogP contribution in [0.4, 0.5) is 0 Å². The molecule has 0 bridgehead atoms. The first-order chi connectivity index (χ1) is 7.13. The zero-order valence-electron chi connectivity index (χ0n) is 9.03. The van der Waals surface area contributed by atoms with Gasteiger partial charge in [0.1, 0.15) is 5.65 Å². The molecular formula is C11H13N3O. The minimum absolute atomic E-state index is 0.102. The first-order valence-corrected chi connectivity index (χ1v) is 4.81. The first kappa shape index (κ1) is 9.71. The molecule has 2 rings (SSSR count). The van der Waals surface area contributed by atoms with Crippen molar-refractivity contribution in [1.82, 2.24) is 14.7 Å². The molecule has 0 aliphatic heterocycles. The fraction of sp³-hybridized carbons (Fsp3) is 0.273. The second-order valence-corrected chi connectivity index (χ2v) is 3.54. The molecule has 0 aliphatic carbocycles. The molecular weight excluding hydrogens is 190 g/mol. The molecule has 78 valence electrons. The van der Waals surface area contributed by atoms with Crippen molar-refractivity contribution >= 4 is 11.6 Å². The van der Waals surface area contributed by atoms with Gasteiger partial charge in [-0.2, -0.15) is 0 Å². The van der Waals surface area contributed by atoms with Gasteiger partial charge in [-0.3, -0.25) is 4.79 Å². The second kappa shape index (κ2) is 3.38. The summed E-state index contributed by atoms with van der Waals surface area (Å²) in [6.45, 7) is 3.92. The molecule has 4 nitrogen and oxygen atoms in total. The van der Waals surface area contributed by atoms with Crippen molar-refractivity contribution in [3.8, 4) is 0 Å². The minimum Gasteiger partial charge on any atom is -0.355 e. The highest BCUT2D eigenvalue weighted by Crippen LogP contribution is 2.13. The van der Waals surface area contributed by atoms with E-state index in [-0.39, 0.29) is 5.91 Å². The highest BCUT2D eigenvalue weighted by molar-refractivity contribution is 5.99. The summed E-state index contributed by atoms with van der Waals surface area (Å²) in [5, 5.41) is 2.61. The van der Waals surface area contributed by atoms with Gasteiger partial charge >= 0.3 is 0 Å². The van der Waals surface area contributed by atoms with E-state index >= 15 is 0 Å². The Kier molecular flexibility index (Phi) is 2.19.